The van der Waals surface area contributed by atoms with Crippen molar-refractivity contribution in [2.45, 2.75) is 57.2 Å². The van der Waals surface area contributed by atoms with E-state index in [0.717, 1.165) is 53.5 Å². The summed E-state index contributed by atoms with van der Waals surface area (Å²) < 4.78 is 13.4. The first-order chi connectivity index (χ1) is 14.4. The number of hydrogen-bond donors (Lipinski definition) is 1. The highest BCUT2D eigenvalue weighted by Gasteiger charge is 2.20. The first kappa shape index (κ1) is 20.7. The molecule has 1 aliphatic rings. The van der Waals surface area contributed by atoms with Crippen LogP contribution in [0.4, 0.5) is 5.69 Å². The van der Waals surface area contributed by atoms with Crippen LogP contribution in [0.3, 0.4) is 0 Å². The predicted molar refractivity (Wildman–Crippen MR) is 117 cm³/mol. The number of nitrogens with one attached hydrogen (secondary N) is 1. The fraction of sp³-hybridized carbons (Fsp3) is 0.409. The molecule has 1 atom stereocenters. The molecule has 3 heterocycles. The molecule has 0 aliphatic carbocycles. The van der Waals surface area contributed by atoms with Crippen molar-refractivity contribution in [3.05, 3.63) is 51.6 Å². The maximum atomic E-state index is 12.1. The Morgan fingerprint density at radius 2 is 2.17 bits per heavy atom. The Labute approximate surface area is 178 Å². The monoisotopic (exact) mass is 427 g/mol. The number of aryl methyl sites for hydroxylation is 1. The number of thioether (sulfide) groups is 1. The number of carbonyl (C=O) groups excluding carboxylic acids is 1. The average Bonchev–Trinajstić information content (AvgIpc) is 3.29. The molecule has 2 aromatic heterocycles. The first-order valence-electron chi connectivity index (χ1n) is 10.0. The number of imidazole rings is 1. The minimum absolute atomic E-state index is 0.174. The van der Waals surface area contributed by atoms with E-state index in [1.165, 1.54) is 13.0 Å². The molecule has 0 spiro atoms. The van der Waals surface area contributed by atoms with E-state index in [2.05, 4.69) is 16.8 Å². The van der Waals surface area contributed by atoms with Gasteiger partial charge in [-0.25, -0.2) is 9.78 Å². The molecule has 8 heteroatoms. The zero-order valence-corrected chi connectivity index (χ0v) is 18.2. The van der Waals surface area contributed by atoms with Crippen molar-refractivity contribution in [3.63, 3.8) is 0 Å². The van der Waals surface area contributed by atoms with Gasteiger partial charge in [0.05, 0.1) is 18.3 Å². The van der Waals surface area contributed by atoms with Crippen molar-refractivity contribution >= 4 is 34.3 Å². The molecule has 1 N–H and O–H groups in total. The Balaban J connectivity index is 1.60. The summed E-state index contributed by atoms with van der Waals surface area (Å²) in [6, 6.07) is 6.89. The largest absolute Gasteiger partial charge is 0.423 e. The first-order valence-corrected chi connectivity index (χ1v) is 11.0. The number of fused-ring (bicyclic) bond motifs is 1. The third-order valence-corrected chi connectivity index (χ3v) is 6.37. The highest BCUT2D eigenvalue weighted by molar-refractivity contribution is 7.98. The lowest BCUT2D eigenvalue weighted by molar-refractivity contribution is -0.114. The maximum absolute atomic E-state index is 12.1. The van der Waals surface area contributed by atoms with Crippen LogP contribution in [0.15, 0.2) is 38.6 Å². The van der Waals surface area contributed by atoms with Crippen molar-refractivity contribution in [2.24, 2.45) is 0 Å². The summed E-state index contributed by atoms with van der Waals surface area (Å²) in [5.41, 5.74) is 3.68. The van der Waals surface area contributed by atoms with Crippen molar-refractivity contribution in [1.29, 1.82) is 0 Å². The molecular formula is C22H25N3O4S. The summed E-state index contributed by atoms with van der Waals surface area (Å²) in [4.78, 5) is 28.1. The molecule has 1 fully saturated rings. The molecule has 158 valence electrons. The van der Waals surface area contributed by atoms with E-state index >= 15 is 0 Å². The van der Waals surface area contributed by atoms with Gasteiger partial charge in [0.2, 0.25) is 5.91 Å². The van der Waals surface area contributed by atoms with Crippen LogP contribution in [0.1, 0.15) is 36.7 Å². The highest BCUT2D eigenvalue weighted by Crippen LogP contribution is 2.30. The Bertz CT molecular complexity index is 1150. The van der Waals surface area contributed by atoms with Crippen LogP contribution in [0.25, 0.3) is 11.0 Å². The molecule has 30 heavy (non-hydrogen) atoms. The Kier molecular flexibility index (Phi) is 5.97. The predicted octanol–water partition coefficient (Wildman–Crippen LogP) is 4.04. The number of amides is 1. The van der Waals surface area contributed by atoms with Gasteiger partial charge < -0.3 is 19.0 Å². The summed E-state index contributed by atoms with van der Waals surface area (Å²) in [6.07, 6.45) is 2.40. The van der Waals surface area contributed by atoms with Crippen LogP contribution in [0, 0.1) is 13.8 Å². The summed E-state index contributed by atoms with van der Waals surface area (Å²) in [6.45, 7) is 7.16. The molecule has 1 aromatic carbocycles. The van der Waals surface area contributed by atoms with Crippen LogP contribution < -0.4 is 10.9 Å². The van der Waals surface area contributed by atoms with Crippen molar-refractivity contribution in [1.82, 2.24) is 9.55 Å². The van der Waals surface area contributed by atoms with E-state index in [9.17, 15) is 9.59 Å². The summed E-state index contributed by atoms with van der Waals surface area (Å²) in [5.74, 6) is 0.412. The van der Waals surface area contributed by atoms with Crippen molar-refractivity contribution < 1.29 is 13.9 Å². The maximum Gasteiger partial charge on any atom is 0.336 e. The number of ether oxygens (including phenoxy) is 1. The van der Waals surface area contributed by atoms with Gasteiger partial charge in [-0.05, 0) is 44.4 Å². The lowest BCUT2D eigenvalue weighted by atomic mass is 10.1. The Morgan fingerprint density at radius 1 is 1.33 bits per heavy atom. The molecule has 1 saturated heterocycles. The molecule has 7 nitrogen and oxygen atoms in total. The lowest BCUT2D eigenvalue weighted by Crippen LogP contribution is -2.16. The van der Waals surface area contributed by atoms with Gasteiger partial charge in [-0.15, -0.1) is 0 Å². The molecule has 0 bridgehead atoms. The molecule has 1 amide bonds. The molecule has 0 saturated carbocycles. The van der Waals surface area contributed by atoms with E-state index in [1.807, 2.05) is 19.1 Å². The Morgan fingerprint density at radius 3 is 2.90 bits per heavy atom. The van der Waals surface area contributed by atoms with Gasteiger partial charge in [0.1, 0.15) is 5.58 Å². The number of rotatable bonds is 6. The normalized spacial score (nSPS) is 16.3. The van der Waals surface area contributed by atoms with Crippen LogP contribution in [-0.2, 0) is 21.8 Å². The molecule has 3 aromatic rings. The molecule has 4 rings (SSSR count). The van der Waals surface area contributed by atoms with E-state index in [-0.39, 0.29) is 12.0 Å². The number of anilines is 1. The fourth-order valence-corrected chi connectivity index (χ4v) is 4.81. The van der Waals surface area contributed by atoms with E-state index in [4.69, 9.17) is 14.1 Å². The lowest BCUT2D eigenvalue weighted by Gasteiger charge is -2.15. The van der Waals surface area contributed by atoms with Gasteiger partial charge in [-0.2, -0.15) is 0 Å². The summed E-state index contributed by atoms with van der Waals surface area (Å²) in [5, 5.41) is 4.49. The van der Waals surface area contributed by atoms with Gasteiger partial charge in [-0.1, -0.05) is 11.8 Å². The van der Waals surface area contributed by atoms with Crippen LogP contribution >= 0.6 is 11.8 Å². The average molecular weight is 428 g/mol. The van der Waals surface area contributed by atoms with Crippen molar-refractivity contribution in [3.8, 4) is 0 Å². The number of carbonyl (C=O) groups is 1. The summed E-state index contributed by atoms with van der Waals surface area (Å²) >= 11 is 1.60. The van der Waals surface area contributed by atoms with Gasteiger partial charge in [0.15, 0.2) is 5.16 Å². The minimum Gasteiger partial charge on any atom is -0.423 e. The quantitative estimate of drug-likeness (QED) is 0.472. The van der Waals surface area contributed by atoms with E-state index < -0.39 is 5.63 Å². The van der Waals surface area contributed by atoms with Gasteiger partial charge in [0, 0.05) is 48.2 Å². The third-order valence-electron chi connectivity index (χ3n) is 5.34. The highest BCUT2D eigenvalue weighted by atomic mass is 32.2. The van der Waals surface area contributed by atoms with Gasteiger partial charge in [-0.3, -0.25) is 4.79 Å². The molecule has 1 aliphatic heterocycles. The molecular weight excluding hydrogens is 402 g/mol. The standard InChI is InChI=1S/C22H25N3O4S/c1-13-14(2)25(11-18-5-4-8-28-18)22(23-13)30-12-16-9-21(27)29-20-10-17(24-15(3)26)6-7-19(16)20/h6-7,9-10,18H,4-5,8,11-12H2,1-3H3,(H,24,26). The minimum atomic E-state index is -0.409. The topological polar surface area (TPSA) is 86.4 Å². The second kappa shape index (κ2) is 8.65. The van der Waals surface area contributed by atoms with E-state index in [1.54, 1.807) is 17.8 Å². The second-order valence-corrected chi connectivity index (χ2v) is 8.52. The van der Waals surface area contributed by atoms with Gasteiger partial charge in [0.25, 0.3) is 0 Å². The number of aromatic nitrogens is 2. The number of hydrogen-bond acceptors (Lipinski definition) is 6. The smallest absolute Gasteiger partial charge is 0.336 e. The van der Waals surface area contributed by atoms with Crippen molar-refractivity contribution in [2.75, 3.05) is 11.9 Å². The van der Waals surface area contributed by atoms with Gasteiger partial charge >= 0.3 is 5.63 Å². The number of benzene rings is 1. The molecule has 0 radical (unpaired) electrons. The molecule has 1 unspecified atom stereocenters. The van der Waals surface area contributed by atoms with Crippen LogP contribution in [0.2, 0.25) is 0 Å². The third kappa shape index (κ3) is 4.44. The zero-order chi connectivity index (χ0) is 21.3. The SMILES string of the molecule is CC(=O)Nc1ccc2c(CSc3nc(C)c(C)n3CC3CCCO3)cc(=O)oc2c1. The number of nitrogens with zero attached hydrogens (tertiary/aromatic N) is 2. The zero-order valence-electron chi connectivity index (χ0n) is 17.4. The fourth-order valence-electron chi connectivity index (χ4n) is 3.71. The van der Waals surface area contributed by atoms with Crippen LogP contribution in [-0.4, -0.2) is 28.2 Å². The Hall–Kier alpha value is -2.58. The van der Waals surface area contributed by atoms with E-state index in [0.29, 0.717) is 17.0 Å². The summed E-state index contributed by atoms with van der Waals surface area (Å²) in [7, 11) is 0. The second-order valence-electron chi connectivity index (χ2n) is 7.58. The van der Waals surface area contributed by atoms with Crippen LogP contribution in [0.5, 0.6) is 0 Å².